The van der Waals surface area contributed by atoms with Gasteiger partial charge < -0.3 is 10.6 Å². The molecular weight excluding hydrogens is 272 g/mol. The molecule has 0 aromatic carbocycles. The van der Waals surface area contributed by atoms with Gasteiger partial charge >= 0.3 is 0 Å². The van der Waals surface area contributed by atoms with Gasteiger partial charge in [-0.2, -0.15) is 0 Å². The summed E-state index contributed by atoms with van der Waals surface area (Å²) in [6, 6.07) is 1.73. The van der Waals surface area contributed by atoms with Gasteiger partial charge in [-0.05, 0) is 25.7 Å². The van der Waals surface area contributed by atoms with Crippen molar-refractivity contribution in [1.82, 2.24) is 14.9 Å². The van der Waals surface area contributed by atoms with Crippen LogP contribution in [0.1, 0.15) is 32.4 Å². The van der Waals surface area contributed by atoms with Crippen LogP contribution < -0.4 is 5.73 Å². The first-order valence-corrected chi connectivity index (χ1v) is 7.92. The van der Waals surface area contributed by atoms with Crippen molar-refractivity contribution in [2.75, 3.05) is 18.8 Å². The van der Waals surface area contributed by atoms with Crippen molar-refractivity contribution in [1.29, 1.82) is 0 Å². The van der Waals surface area contributed by atoms with Gasteiger partial charge in [0.2, 0.25) is 5.91 Å². The molecule has 20 heavy (non-hydrogen) atoms. The normalized spacial score (nSPS) is 16.7. The number of hydrogen-bond donors (Lipinski definition) is 1. The minimum Gasteiger partial charge on any atom is -0.384 e. The van der Waals surface area contributed by atoms with Crippen molar-refractivity contribution < 1.29 is 4.79 Å². The van der Waals surface area contributed by atoms with Crippen molar-refractivity contribution in [3.05, 3.63) is 11.8 Å². The third kappa shape index (κ3) is 3.62. The van der Waals surface area contributed by atoms with E-state index in [4.69, 9.17) is 5.73 Å². The number of likely N-dealkylation sites (tertiary alicyclic amines) is 1. The average molecular weight is 294 g/mol. The average Bonchev–Trinajstić information content (AvgIpc) is 2.87. The van der Waals surface area contributed by atoms with E-state index in [1.54, 1.807) is 6.07 Å². The Kier molecular flexibility index (Phi) is 4.86. The molecule has 1 aliphatic heterocycles. The maximum absolute atomic E-state index is 12.6. The number of aromatic nitrogens is 2. The van der Waals surface area contributed by atoms with Gasteiger partial charge in [0.25, 0.3) is 0 Å². The summed E-state index contributed by atoms with van der Waals surface area (Å²) in [5.74, 6) is 0.890. The van der Waals surface area contributed by atoms with Crippen molar-refractivity contribution in [3.63, 3.8) is 0 Å². The Hall–Kier alpha value is -1.30. The van der Waals surface area contributed by atoms with Crippen LogP contribution in [0.2, 0.25) is 0 Å². The summed E-state index contributed by atoms with van der Waals surface area (Å²) in [4.78, 5) is 23.1. The van der Waals surface area contributed by atoms with E-state index in [1.807, 2.05) is 11.8 Å². The van der Waals surface area contributed by atoms with Crippen molar-refractivity contribution in [3.8, 4) is 0 Å². The number of anilines is 1. The Morgan fingerprint density at radius 3 is 2.55 bits per heavy atom. The SMILES string of the molecule is Cc1cc(N)nc(S[C@H](C(=O)N2CCCC2)C(C)C)n1. The van der Waals surface area contributed by atoms with Crippen LogP contribution in [-0.2, 0) is 4.79 Å². The molecule has 1 aliphatic rings. The van der Waals surface area contributed by atoms with E-state index in [0.29, 0.717) is 11.0 Å². The minimum atomic E-state index is -0.144. The number of carbonyl (C=O) groups is 1. The van der Waals surface area contributed by atoms with Crippen LogP contribution in [0.4, 0.5) is 5.82 Å². The third-order valence-corrected chi connectivity index (χ3v) is 4.75. The molecule has 1 saturated heterocycles. The Morgan fingerprint density at radius 2 is 2.00 bits per heavy atom. The molecule has 0 spiro atoms. The highest BCUT2D eigenvalue weighted by molar-refractivity contribution is 8.00. The van der Waals surface area contributed by atoms with Gasteiger partial charge in [-0.15, -0.1) is 0 Å². The smallest absolute Gasteiger partial charge is 0.236 e. The Balaban J connectivity index is 2.14. The topological polar surface area (TPSA) is 72.1 Å². The molecule has 0 bridgehead atoms. The summed E-state index contributed by atoms with van der Waals surface area (Å²) < 4.78 is 0. The zero-order valence-electron chi connectivity index (χ0n) is 12.3. The highest BCUT2D eigenvalue weighted by Crippen LogP contribution is 2.29. The highest BCUT2D eigenvalue weighted by Gasteiger charge is 2.30. The first kappa shape index (κ1) is 15.1. The lowest BCUT2D eigenvalue weighted by Crippen LogP contribution is -2.38. The number of thioether (sulfide) groups is 1. The van der Waals surface area contributed by atoms with E-state index in [9.17, 15) is 4.79 Å². The highest BCUT2D eigenvalue weighted by atomic mass is 32.2. The van der Waals surface area contributed by atoms with Gasteiger partial charge in [-0.25, -0.2) is 9.97 Å². The van der Waals surface area contributed by atoms with E-state index >= 15 is 0 Å². The molecule has 0 radical (unpaired) electrons. The van der Waals surface area contributed by atoms with Gasteiger partial charge in [0, 0.05) is 24.8 Å². The largest absolute Gasteiger partial charge is 0.384 e. The van der Waals surface area contributed by atoms with Crippen LogP contribution in [0.5, 0.6) is 0 Å². The second-order valence-electron chi connectivity index (χ2n) is 5.53. The molecule has 1 aromatic rings. The number of nitrogen functional groups attached to an aromatic ring is 1. The van der Waals surface area contributed by atoms with Gasteiger partial charge in [0.05, 0.1) is 5.25 Å². The molecule has 1 fully saturated rings. The monoisotopic (exact) mass is 294 g/mol. The van der Waals surface area contributed by atoms with E-state index < -0.39 is 0 Å². The van der Waals surface area contributed by atoms with E-state index in [-0.39, 0.29) is 17.1 Å². The molecule has 1 amide bonds. The Bertz CT molecular complexity index is 466. The molecule has 0 unspecified atom stereocenters. The number of nitrogens with two attached hydrogens (primary N) is 1. The predicted molar refractivity (Wildman–Crippen MR) is 81.5 cm³/mol. The molecule has 1 aromatic heterocycles. The fraction of sp³-hybridized carbons (Fsp3) is 0.643. The van der Waals surface area contributed by atoms with Crippen molar-refractivity contribution in [2.24, 2.45) is 5.92 Å². The number of rotatable bonds is 4. The van der Waals surface area contributed by atoms with Crippen LogP contribution in [0, 0.1) is 12.8 Å². The summed E-state index contributed by atoms with van der Waals surface area (Å²) in [6.45, 7) is 7.75. The van der Waals surface area contributed by atoms with Crippen LogP contribution in [0.25, 0.3) is 0 Å². The van der Waals surface area contributed by atoms with Crippen molar-refractivity contribution in [2.45, 2.75) is 44.0 Å². The standard InChI is InChI=1S/C14H22N4OS/c1-9(2)12(13(19)18-6-4-5-7-18)20-14-16-10(3)8-11(15)17-14/h8-9,12H,4-7H2,1-3H3,(H2,15,16,17)/t12-/m0/s1. The predicted octanol–water partition coefficient (Wildman–Crippen LogP) is 2.11. The minimum absolute atomic E-state index is 0.144. The van der Waals surface area contributed by atoms with E-state index in [1.165, 1.54) is 11.8 Å². The zero-order chi connectivity index (χ0) is 14.7. The Labute approximate surface area is 124 Å². The molecule has 110 valence electrons. The molecule has 0 saturated carbocycles. The van der Waals surface area contributed by atoms with E-state index in [2.05, 4.69) is 23.8 Å². The molecule has 6 heteroatoms. The lowest BCUT2D eigenvalue weighted by Gasteiger charge is -2.24. The zero-order valence-corrected chi connectivity index (χ0v) is 13.1. The van der Waals surface area contributed by atoms with Gasteiger partial charge in [0.15, 0.2) is 5.16 Å². The van der Waals surface area contributed by atoms with Crippen LogP contribution in [0.3, 0.4) is 0 Å². The van der Waals surface area contributed by atoms with Gasteiger partial charge in [0.1, 0.15) is 5.82 Å². The quantitative estimate of drug-likeness (QED) is 0.680. The second kappa shape index (κ2) is 6.43. The summed E-state index contributed by atoms with van der Waals surface area (Å²) in [5.41, 5.74) is 6.58. The van der Waals surface area contributed by atoms with Crippen LogP contribution >= 0.6 is 11.8 Å². The molecule has 1 atom stereocenters. The van der Waals surface area contributed by atoms with Crippen LogP contribution in [0.15, 0.2) is 11.2 Å². The number of carbonyl (C=O) groups excluding carboxylic acids is 1. The molecule has 5 nitrogen and oxygen atoms in total. The number of aryl methyl sites for hydroxylation is 1. The first-order valence-electron chi connectivity index (χ1n) is 7.04. The maximum atomic E-state index is 12.6. The molecule has 2 heterocycles. The number of hydrogen-bond acceptors (Lipinski definition) is 5. The summed E-state index contributed by atoms with van der Waals surface area (Å²) in [7, 11) is 0. The fourth-order valence-corrected chi connectivity index (χ4v) is 3.42. The molecule has 2 N–H and O–H groups in total. The van der Waals surface area contributed by atoms with Crippen molar-refractivity contribution >= 4 is 23.5 Å². The lowest BCUT2D eigenvalue weighted by molar-refractivity contribution is -0.130. The summed E-state index contributed by atoms with van der Waals surface area (Å²) >= 11 is 1.43. The maximum Gasteiger partial charge on any atom is 0.236 e. The van der Waals surface area contributed by atoms with Crippen LogP contribution in [-0.4, -0.2) is 39.1 Å². The first-order chi connectivity index (χ1) is 9.47. The molecule has 2 rings (SSSR count). The summed E-state index contributed by atoms with van der Waals surface area (Å²) in [6.07, 6.45) is 2.21. The second-order valence-corrected chi connectivity index (χ2v) is 6.64. The Morgan fingerprint density at radius 1 is 1.35 bits per heavy atom. The third-order valence-electron chi connectivity index (χ3n) is 3.35. The summed E-state index contributed by atoms with van der Waals surface area (Å²) in [5, 5.41) is 0.447. The number of nitrogens with zero attached hydrogens (tertiary/aromatic N) is 3. The molecular formula is C14H22N4OS. The fourth-order valence-electron chi connectivity index (χ4n) is 2.32. The molecule has 0 aliphatic carbocycles. The number of amides is 1. The van der Waals surface area contributed by atoms with E-state index in [0.717, 1.165) is 31.6 Å². The lowest BCUT2D eigenvalue weighted by atomic mass is 10.1. The van der Waals surface area contributed by atoms with Gasteiger partial charge in [-0.1, -0.05) is 25.6 Å². The van der Waals surface area contributed by atoms with Gasteiger partial charge in [-0.3, -0.25) is 4.79 Å².